The van der Waals surface area contributed by atoms with Gasteiger partial charge in [0.05, 0.1) is 16.6 Å². The molecule has 0 unspecified atom stereocenters. The highest BCUT2D eigenvalue weighted by atomic mass is 32.2. The topological polar surface area (TPSA) is 71.4 Å². The number of thiophene rings is 1. The van der Waals surface area contributed by atoms with Crippen molar-refractivity contribution in [1.82, 2.24) is 0 Å². The molecule has 1 heterocycles. The highest BCUT2D eigenvalue weighted by Gasteiger charge is 2.18. The number of carboxylic acids is 1. The molecule has 4 nitrogen and oxygen atoms in total. The Morgan fingerprint density at radius 1 is 1.32 bits per heavy atom. The van der Waals surface area contributed by atoms with E-state index in [2.05, 4.69) is 0 Å². The SMILES string of the molecule is CC(C)S(=O)(=O)Cc1cc2cc(C(=O)O)ccc2s1. The van der Waals surface area contributed by atoms with E-state index in [4.69, 9.17) is 5.11 Å². The van der Waals surface area contributed by atoms with E-state index < -0.39 is 21.1 Å². The summed E-state index contributed by atoms with van der Waals surface area (Å²) in [4.78, 5) is 11.6. The molecule has 102 valence electrons. The maximum absolute atomic E-state index is 11.9. The Kier molecular flexibility index (Phi) is 3.64. The van der Waals surface area contributed by atoms with Gasteiger partial charge in [0, 0.05) is 9.58 Å². The molecule has 1 aromatic heterocycles. The summed E-state index contributed by atoms with van der Waals surface area (Å²) in [5, 5.41) is 9.28. The number of aromatic carboxylic acids is 1. The molecule has 0 aliphatic heterocycles. The maximum atomic E-state index is 11.9. The van der Waals surface area contributed by atoms with Crippen LogP contribution in [0.2, 0.25) is 0 Å². The van der Waals surface area contributed by atoms with Crippen molar-refractivity contribution in [2.24, 2.45) is 0 Å². The number of sulfone groups is 1. The zero-order valence-corrected chi connectivity index (χ0v) is 12.2. The first-order valence-electron chi connectivity index (χ1n) is 5.77. The highest BCUT2D eigenvalue weighted by molar-refractivity contribution is 7.91. The number of benzene rings is 1. The lowest BCUT2D eigenvalue weighted by Crippen LogP contribution is -2.15. The second-order valence-electron chi connectivity index (χ2n) is 4.63. The van der Waals surface area contributed by atoms with E-state index in [0.717, 1.165) is 15.0 Å². The van der Waals surface area contributed by atoms with Crippen LogP contribution in [0.25, 0.3) is 10.1 Å². The molecule has 0 saturated heterocycles. The molecule has 0 aliphatic carbocycles. The third kappa shape index (κ3) is 2.96. The van der Waals surface area contributed by atoms with Crippen LogP contribution in [0.4, 0.5) is 0 Å². The van der Waals surface area contributed by atoms with E-state index in [9.17, 15) is 13.2 Å². The molecule has 2 aromatic rings. The van der Waals surface area contributed by atoms with Crippen LogP contribution in [0.15, 0.2) is 24.3 Å². The van der Waals surface area contributed by atoms with Gasteiger partial charge in [0.15, 0.2) is 9.84 Å². The van der Waals surface area contributed by atoms with Gasteiger partial charge in [-0.15, -0.1) is 11.3 Å². The predicted octanol–water partition coefficient (Wildman–Crippen LogP) is 2.92. The molecule has 0 bridgehead atoms. The van der Waals surface area contributed by atoms with E-state index in [1.807, 2.05) is 0 Å². The van der Waals surface area contributed by atoms with Gasteiger partial charge in [-0.25, -0.2) is 13.2 Å². The molecular formula is C13H14O4S2. The Hall–Kier alpha value is -1.40. The summed E-state index contributed by atoms with van der Waals surface area (Å²) in [7, 11) is -3.13. The van der Waals surface area contributed by atoms with Gasteiger partial charge in [-0.05, 0) is 43.5 Å². The van der Waals surface area contributed by atoms with E-state index in [0.29, 0.717) is 0 Å². The van der Waals surface area contributed by atoms with E-state index in [-0.39, 0.29) is 11.3 Å². The highest BCUT2D eigenvalue weighted by Crippen LogP contribution is 2.28. The van der Waals surface area contributed by atoms with Crippen LogP contribution in [-0.4, -0.2) is 24.7 Å². The lowest BCUT2D eigenvalue weighted by molar-refractivity contribution is 0.0697. The van der Waals surface area contributed by atoms with Gasteiger partial charge in [0.2, 0.25) is 0 Å². The van der Waals surface area contributed by atoms with Crippen molar-refractivity contribution in [3.63, 3.8) is 0 Å². The third-order valence-electron chi connectivity index (χ3n) is 2.88. The van der Waals surface area contributed by atoms with Crippen molar-refractivity contribution in [2.45, 2.75) is 24.9 Å². The zero-order chi connectivity index (χ0) is 14.2. The van der Waals surface area contributed by atoms with Crippen molar-refractivity contribution < 1.29 is 18.3 Å². The van der Waals surface area contributed by atoms with Crippen molar-refractivity contribution in [3.05, 3.63) is 34.7 Å². The van der Waals surface area contributed by atoms with Gasteiger partial charge in [-0.2, -0.15) is 0 Å². The van der Waals surface area contributed by atoms with Crippen molar-refractivity contribution in [3.8, 4) is 0 Å². The molecule has 1 N–H and O–H groups in total. The van der Waals surface area contributed by atoms with Gasteiger partial charge in [0.25, 0.3) is 0 Å². The normalized spacial score (nSPS) is 12.2. The summed E-state index contributed by atoms with van der Waals surface area (Å²) in [6, 6.07) is 6.57. The molecule has 0 aliphatic rings. The van der Waals surface area contributed by atoms with Gasteiger partial charge >= 0.3 is 5.97 Å². The summed E-state index contributed by atoms with van der Waals surface area (Å²) in [6.45, 7) is 3.32. The van der Waals surface area contributed by atoms with Crippen LogP contribution < -0.4 is 0 Å². The number of carboxylic acid groups (broad SMARTS) is 1. The van der Waals surface area contributed by atoms with Crippen LogP contribution in [0.3, 0.4) is 0 Å². The lowest BCUT2D eigenvalue weighted by Gasteiger charge is -2.04. The van der Waals surface area contributed by atoms with E-state index in [1.54, 1.807) is 32.0 Å². The number of carbonyl (C=O) groups is 1. The predicted molar refractivity (Wildman–Crippen MR) is 76.5 cm³/mol. The van der Waals surface area contributed by atoms with Crippen LogP contribution >= 0.6 is 11.3 Å². The van der Waals surface area contributed by atoms with Crippen LogP contribution in [-0.2, 0) is 15.6 Å². The second-order valence-corrected chi connectivity index (χ2v) is 8.35. The second kappa shape index (κ2) is 4.94. The van der Waals surface area contributed by atoms with Crippen LogP contribution in [0.5, 0.6) is 0 Å². The Bertz CT molecular complexity index is 726. The summed E-state index contributed by atoms with van der Waals surface area (Å²) in [5.41, 5.74) is 0.212. The van der Waals surface area contributed by atoms with Gasteiger partial charge in [0.1, 0.15) is 0 Å². The van der Waals surface area contributed by atoms with Crippen LogP contribution in [0, 0.1) is 0 Å². The molecule has 0 saturated carbocycles. The monoisotopic (exact) mass is 298 g/mol. The summed E-state index contributed by atoms with van der Waals surface area (Å²) >= 11 is 1.39. The summed E-state index contributed by atoms with van der Waals surface area (Å²) in [6.07, 6.45) is 0. The third-order valence-corrected chi connectivity index (χ3v) is 6.32. The Morgan fingerprint density at radius 3 is 2.58 bits per heavy atom. The fraction of sp³-hybridized carbons (Fsp3) is 0.308. The standard InChI is InChI=1S/C13H14O4S2/c1-8(2)19(16,17)7-11-6-10-5-9(13(14)15)3-4-12(10)18-11/h3-6,8H,7H2,1-2H3,(H,14,15). The molecule has 1 aromatic carbocycles. The number of hydrogen-bond donors (Lipinski definition) is 1. The number of fused-ring (bicyclic) bond motifs is 1. The van der Waals surface area contributed by atoms with Gasteiger partial charge in [-0.3, -0.25) is 0 Å². The number of hydrogen-bond acceptors (Lipinski definition) is 4. The minimum atomic E-state index is -3.13. The fourth-order valence-electron chi connectivity index (χ4n) is 1.67. The van der Waals surface area contributed by atoms with Crippen molar-refractivity contribution >= 4 is 37.2 Å². The Balaban J connectivity index is 2.40. The minimum Gasteiger partial charge on any atom is -0.478 e. The molecule has 0 spiro atoms. The molecule has 0 fully saturated rings. The maximum Gasteiger partial charge on any atom is 0.335 e. The summed E-state index contributed by atoms with van der Waals surface area (Å²) < 4.78 is 24.6. The smallest absolute Gasteiger partial charge is 0.335 e. The van der Waals surface area contributed by atoms with E-state index in [1.165, 1.54) is 17.4 Å². The lowest BCUT2D eigenvalue weighted by atomic mass is 10.2. The molecule has 0 atom stereocenters. The molecule has 0 amide bonds. The fourth-order valence-corrected chi connectivity index (χ4v) is 4.05. The quantitative estimate of drug-likeness (QED) is 0.942. The molecular weight excluding hydrogens is 284 g/mol. The number of rotatable bonds is 4. The minimum absolute atomic E-state index is 0.00637. The van der Waals surface area contributed by atoms with Crippen molar-refractivity contribution in [1.29, 1.82) is 0 Å². The van der Waals surface area contributed by atoms with Gasteiger partial charge < -0.3 is 5.11 Å². The first kappa shape index (κ1) is 14.0. The van der Waals surface area contributed by atoms with Gasteiger partial charge in [-0.1, -0.05) is 0 Å². The largest absolute Gasteiger partial charge is 0.478 e. The van der Waals surface area contributed by atoms with E-state index >= 15 is 0 Å². The van der Waals surface area contributed by atoms with Crippen molar-refractivity contribution in [2.75, 3.05) is 0 Å². The first-order chi connectivity index (χ1) is 8.79. The first-order valence-corrected chi connectivity index (χ1v) is 8.30. The molecule has 6 heteroatoms. The molecule has 0 radical (unpaired) electrons. The Morgan fingerprint density at radius 2 is 2.00 bits per heavy atom. The van der Waals surface area contributed by atoms with Crippen LogP contribution in [0.1, 0.15) is 29.1 Å². The summed E-state index contributed by atoms with van der Waals surface area (Å²) in [5.74, 6) is -0.976. The average Bonchev–Trinajstić information content (AvgIpc) is 2.68. The molecule has 2 rings (SSSR count). The molecule has 19 heavy (non-hydrogen) atoms. The average molecular weight is 298 g/mol. The zero-order valence-electron chi connectivity index (χ0n) is 10.6. The Labute approximate surface area is 115 Å².